The number of primary amides is 1. The first-order chi connectivity index (χ1) is 10.1. The number of hydrogen-bond donors (Lipinski definition) is 3. The maximum atomic E-state index is 12.2. The van der Waals surface area contributed by atoms with Crippen molar-refractivity contribution in [2.45, 2.75) is 12.5 Å². The summed E-state index contributed by atoms with van der Waals surface area (Å²) in [5, 5.41) is 13.6. The molecular formula is C15H16N2O3S. The van der Waals surface area contributed by atoms with Crippen LogP contribution in [0.1, 0.15) is 38.1 Å². The molecule has 0 fully saturated rings. The zero-order valence-corrected chi connectivity index (χ0v) is 12.1. The molecule has 1 unspecified atom stereocenters. The summed E-state index contributed by atoms with van der Waals surface area (Å²) in [6.45, 7) is -0.0309. The third-order valence-corrected chi connectivity index (χ3v) is 3.96. The third kappa shape index (κ3) is 3.90. The molecular weight excluding hydrogens is 288 g/mol. The van der Waals surface area contributed by atoms with E-state index < -0.39 is 5.91 Å². The minimum Gasteiger partial charge on any atom is -0.396 e. The molecule has 6 heteroatoms. The number of carbonyl (C=O) groups excluding carboxylic acids is 2. The Kier molecular flexibility index (Phi) is 5.08. The van der Waals surface area contributed by atoms with Gasteiger partial charge in [-0.05, 0) is 18.1 Å². The fourth-order valence-electron chi connectivity index (χ4n) is 1.95. The Morgan fingerprint density at radius 1 is 1.29 bits per heavy atom. The van der Waals surface area contributed by atoms with Gasteiger partial charge in [0, 0.05) is 12.0 Å². The molecule has 4 N–H and O–H groups in total. The first-order valence-electron chi connectivity index (χ1n) is 6.47. The first kappa shape index (κ1) is 15.2. The number of carbonyl (C=O) groups is 2. The van der Waals surface area contributed by atoms with Crippen LogP contribution < -0.4 is 11.1 Å². The summed E-state index contributed by atoms with van der Waals surface area (Å²) in [6.07, 6.45) is 0.420. The molecule has 2 amide bonds. The summed E-state index contributed by atoms with van der Waals surface area (Å²) >= 11 is 1.17. The lowest BCUT2D eigenvalue weighted by Crippen LogP contribution is -2.28. The van der Waals surface area contributed by atoms with E-state index in [-0.39, 0.29) is 18.6 Å². The second-order valence-electron chi connectivity index (χ2n) is 4.51. The number of benzene rings is 1. The zero-order valence-electron chi connectivity index (χ0n) is 11.3. The Labute approximate surface area is 126 Å². The van der Waals surface area contributed by atoms with Gasteiger partial charge in [-0.1, -0.05) is 30.3 Å². The maximum Gasteiger partial charge on any atom is 0.261 e. The molecule has 2 rings (SSSR count). The number of amides is 2. The number of aliphatic hydroxyl groups excluding tert-OH is 1. The van der Waals surface area contributed by atoms with Crippen LogP contribution in [0.2, 0.25) is 0 Å². The van der Waals surface area contributed by atoms with Crippen molar-refractivity contribution in [3.05, 3.63) is 57.8 Å². The fourth-order valence-corrected chi connectivity index (χ4v) is 2.75. The van der Waals surface area contributed by atoms with Crippen LogP contribution in [-0.4, -0.2) is 23.5 Å². The van der Waals surface area contributed by atoms with Gasteiger partial charge >= 0.3 is 0 Å². The van der Waals surface area contributed by atoms with E-state index in [0.717, 1.165) is 5.56 Å². The van der Waals surface area contributed by atoms with Gasteiger partial charge in [0.2, 0.25) is 5.91 Å². The van der Waals surface area contributed by atoms with Gasteiger partial charge in [-0.15, -0.1) is 11.3 Å². The van der Waals surface area contributed by atoms with E-state index in [2.05, 4.69) is 5.32 Å². The van der Waals surface area contributed by atoms with E-state index in [1.54, 1.807) is 5.38 Å². The van der Waals surface area contributed by atoms with Gasteiger partial charge in [-0.2, -0.15) is 0 Å². The van der Waals surface area contributed by atoms with E-state index >= 15 is 0 Å². The summed E-state index contributed by atoms with van der Waals surface area (Å²) < 4.78 is 0. The van der Waals surface area contributed by atoms with E-state index in [9.17, 15) is 9.59 Å². The predicted molar refractivity (Wildman–Crippen MR) is 81.2 cm³/mol. The molecule has 0 aliphatic heterocycles. The van der Waals surface area contributed by atoms with Crippen molar-refractivity contribution in [1.82, 2.24) is 5.32 Å². The molecule has 110 valence electrons. The summed E-state index contributed by atoms with van der Waals surface area (Å²) in [5.74, 6) is -0.838. The molecule has 0 aliphatic rings. The summed E-state index contributed by atoms with van der Waals surface area (Å²) in [4.78, 5) is 23.7. The van der Waals surface area contributed by atoms with Crippen LogP contribution >= 0.6 is 11.3 Å². The molecule has 1 atom stereocenters. The topological polar surface area (TPSA) is 92.4 Å². The highest BCUT2D eigenvalue weighted by molar-refractivity contribution is 7.12. The minimum atomic E-state index is -0.555. The molecule has 21 heavy (non-hydrogen) atoms. The molecule has 0 saturated heterocycles. The lowest BCUT2D eigenvalue weighted by Gasteiger charge is -2.17. The smallest absolute Gasteiger partial charge is 0.261 e. The first-order valence-corrected chi connectivity index (χ1v) is 7.34. The Morgan fingerprint density at radius 2 is 2.00 bits per heavy atom. The van der Waals surface area contributed by atoms with Crippen LogP contribution in [0, 0.1) is 0 Å². The van der Waals surface area contributed by atoms with Gasteiger partial charge < -0.3 is 16.2 Å². The number of aliphatic hydroxyl groups is 1. The van der Waals surface area contributed by atoms with Gasteiger partial charge in [0.05, 0.1) is 16.5 Å². The van der Waals surface area contributed by atoms with Crippen molar-refractivity contribution in [3.8, 4) is 0 Å². The maximum absolute atomic E-state index is 12.2. The molecule has 0 radical (unpaired) electrons. The van der Waals surface area contributed by atoms with Crippen LogP contribution in [-0.2, 0) is 0 Å². The molecule has 0 saturated carbocycles. The second kappa shape index (κ2) is 7.01. The Morgan fingerprint density at radius 3 is 2.57 bits per heavy atom. The van der Waals surface area contributed by atoms with Gasteiger partial charge in [-0.3, -0.25) is 9.59 Å². The molecule has 5 nitrogen and oxygen atoms in total. The van der Waals surface area contributed by atoms with Crippen molar-refractivity contribution in [2.24, 2.45) is 5.73 Å². The van der Waals surface area contributed by atoms with Crippen molar-refractivity contribution in [3.63, 3.8) is 0 Å². The van der Waals surface area contributed by atoms with Crippen LogP contribution in [0.15, 0.2) is 41.8 Å². The highest BCUT2D eigenvalue weighted by atomic mass is 32.1. The van der Waals surface area contributed by atoms with Gasteiger partial charge in [0.15, 0.2) is 0 Å². The van der Waals surface area contributed by atoms with Gasteiger partial charge in [-0.25, -0.2) is 0 Å². The Bertz CT molecular complexity index is 625. The van der Waals surface area contributed by atoms with E-state index in [0.29, 0.717) is 16.9 Å². The molecule has 1 aromatic carbocycles. The van der Waals surface area contributed by atoms with Gasteiger partial charge in [0.25, 0.3) is 5.91 Å². The number of thiophene rings is 1. The third-order valence-electron chi connectivity index (χ3n) is 3.03. The van der Waals surface area contributed by atoms with Crippen molar-refractivity contribution < 1.29 is 14.7 Å². The van der Waals surface area contributed by atoms with Crippen molar-refractivity contribution >= 4 is 23.2 Å². The molecule has 1 heterocycles. The lowest BCUT2D eigenvalue weighted by molar-refractivity contribution is 0.0934. The summed E-state index contributed by atoms with van der Waals surface area (Å²) in [7, 11) is 0. The predicted octanol–water partition coefficient (Wildman–Crippen LogP) is 1.70. The molecule has 2 aromatic rings. The SMILES string of the molecule is NC(=O)c1csc(C(=O)NC(CCO)c2ccccc2)c1. The Hall–Kier alpha value is -2.18. The Balaban J connectivity index is 2.12. The van der Waals surface area contributed by atoms with Crippen molar-refractivity contribution in [1.29, 1.82) is 0 Å². The quantitative estimate of drug-likeness (QED) is 0.758. The van der Waals surface area contributed by atoms with E-state index in [1.165, 1.54) is 17.4 Å². The number of hydrogen-bond acceptors (Lipinski definition) is 4. The monoisotopic (exact) mass is 304 g/mol. The second-order valence-corrected chi connectivity index (χ2v) is 5.42. The largest absolute Gasteiger partial charge is 0.396 e. The number of nitrogens with one attached hydrogen (secondary N) is 1. The van der Waals surface area contributed by atoms with E-state index in [1.807, 2.05) is 30.3 Å². The number of nitrogens with two attached hydrogens (primary N) is 1. The zero-order chi connectivity index (χ0) is 15.2. The highest BCUT2D eigenvalue weighted by Gasteiger charge is 2.17. The minimum absolute atomic E-state index is 0.0309. The summed E-state index contributed by atoms with van der Waals surface area (Å²) in [5.41, 5.74) is 6.42. The highest BCUT2D eigenvalue weighted by Crippen LogP contribution is 2.19. The van der Waals surface area contributed by atoms with Crippen LogP contribution in [0.3, 0.4) is 0 Å². The van der Waals surface area contributed by atoms with Crippen LogP contribution in [0.4, 0.5) is 0 Å². The number of rotatable bonds is 6. The summed E-state index contributed by atoms with van der Waals surface area (Å²) in [6, 6.07) is 10.6. The fraction of sp³-hybridized carbons (Fsp3) is 0.200. The molecule has 0 bridgehead atoms. The van der Waals surface area contributed by atoms with Crippen molar-refractivity contribution in [2.75, 3.05) is 6.61 Å². The average molecular weight is 304 g/mol. The average Bonchev–Trinajstić information content (AvgIpc) is 2.98. The standard InChI is InChI=1S/C15H16N2O3S/c16-14(19)11-8-13(21-9-11)15(20)17-12(6-7-18)10-4-2-1-3-5-10/h1-5,8-9,12,18H,6-7H2,(H2,16,19)(H,17,20). The normalized spacial score (nSPS) is 11.9. The van der Waals surface area contributed by atoms with Crippen LogP contribution in [0.25, 0.3) is 0 Å². The van der Waals surface area contributed by atoms with E-state index in [4.69, 9.17) is 10.8 Å². The molecule has 0 spiro atoms. The lowest BCUT2D eigenvalue weighted by atomic mass is 10.0. The molecule has 1 aromatic heterocycles. The molecule has 0 aliphatic carbocycles. The van der Waals surface area contributed by atoms with Crippen LogP contribution in [0.5, 0.6) is 0 Å². The van der Waals surface area contributed by atoms with Gasteiger partial charge in [0.1, 0.15) is 0 Å².